The number of hydrogen-bond acceptors (Lipinski definition) is 5. The van der Waals surface area contributed by atoms with E-state index in [1.807, 2.05) is 24.3 Å². The second-order valence-corrected chi connectivity index (χ2v) is 6.41. The minimum Gasteiger partial charge on any atom is -0.372 e. The number of nitrogens with zero attached hydrogens (tertiary/aromatic N) is 4. The molecule has 28 heavy (non-hydrogen) atoms. The van der Waals surface area contributed by atoms with Crippen molar-refractivity contribution >= 4 is 16.7 Å². The summed E-state index contributed by atoms with van der Waals surface area (Å²) < 4.78 is 2.53. The van der Waals surface area contributed by atoms with Gasteiger partial charge < -0.3 is 9.88 Å². The van der Waals surface area contributed by atoms with Gasteiger partial charge in [-0.2, -0.15) is 4.98 Å². The average molecular weight is 383 g/mol. The van der Waals surface area contributed by atoms with Crippen LogP contribution in [0.1, 0.15) is 27.7 Å². The molecule has 2 aromatic heterocycles. The molecule has 0 atom stereocenters. The Morgan fingerprint density at radius 3 is 2.07 bits per heavy atom. The molecule has 0 radical (unpaired) electrons. The summed E-state index contributed by atoms with van der Waals surface area (Å²) in [7, 11) is 0. The van der Waals surface area contributed by atoms with Gasteiger partial charge in [-0.1, -0.05) is 12.1 Å². The molecule has 0 bridgehead atoms. The van der Waals surface area contributed by atoms with E-state index >= 15 is 0 Å². The second-order valence-electron chi connectivity index (χ2n) is 6.41. The lowest BCUT2D eigenvalue weighted by Gasteiger charge is -2.21. The predicted molar refractivity (Wildman–Crippen MR) is 111 cm³/mol. The van der Waals surface area contributed by atoms with Crippen molar-refractivity contribution in [1.29, 1.82) is 0 Å². The zero-order valence-corrected chi connectivity index (χ0v) is 16.7. The molecule has 0 fully saturated rings. The van der Waals surface area contributed by atoms with Crippen LogP contribution in [0.2, 0.25) is 0 Å². The Balaban J connectivity index is 2.34. The number of H-pyrrole nitrogens is 1. The molecule has 0 spiro atoms. The van der Waals surface area contributed by atoms with Gasteiger partial charge in [0.25, 0.3) is 5.56 Å². The summed E-state index contributed by atoms with van der Waals surface area (Å²) in [5.74, 6) is 0. The minimum absolute atomic E-state index is 0.119. The third-order valence-corrected chi connectivity index (χ3v) is 5.01. The first-order valence-corrected chi connectivity index (χ1v) is 9.59. The van der Waals surface area contributed by atoms with Gasteiger partial charge in [0.2, 0.25) is 0 Å². The van der Waals surface area contributed by atoms with E-state index < -0.39 is 16.9 Å². The largest absolute Gasteiger partial charge is 0.372 e. The molecule has 8 heteroatoms. The van der Waals surface area contributed by atoms with E-state index in [0.717, 1.165) is 18.8 Å². The van der Waals surface area contributed by atoms with Gasteiger partial charge in [-0.05, 0) is 45.4 Å². The molecule has 0 saturated heterocycles. The van der Waals surface area contributed by atoms with E-state index in [-0.39, 0.29) is 17.6 Å². The Morgan fingerprint density at radius 2 is 1.54 bits per heavy atom. The Kier molecular flexibility index (Phi) is 5.48. The van der Waals surface area contributed by atoms with Crippen LogP contribution in [0.3, 0.4) is 0 Å². The molecule has 0 amide bonds. The SMILES string of the molecule is CCN(CC)c1ccc(-c2[nH]c(=O)nc3c2c(=O)n(CC)c(=O)n3CC)cc1. The van der Waals surface area contributed by atoms with E-state index in [4.69, 9.17) is 0 Å². The Hall–Kier alpha value is -3.16. The summed E-state index contributed by atoms with van der Waals surface area (Å²) in [4.78, 5) is 46.6. The van der Waals surface area contributed by atoms with Crippen LogP contribution in [-0.4, -0.2) is 32.2 Å². The van der Waals surface area contributed by atoms with Crippen LogP contribution in [0.5, 0.6) is 0 Å². The predicted octanol–water partition coefficient (Wildman–Crippen LogP) is 1.80. The highest BCUT2D eigenvalue weighted by atomic mass is 16.2. The van der Waals surface area contributed by atoms with E-state index in [9.17, 15) is 14.4 Å². The molecule has 0 aliphatic rings. The third-order valence-electron chi connectivity index (χ3n) is 5.01. The lowest BCUT2D eigenvalue weighted by atomic mass is 10.1. The van der Waals surface area contributed by atoms with Crippen LogP contribution >= 0.6 is 0 Å². The number of nitrogens with one attached hydrogen (secondary N) is 1. The highest BCUT2D eigenvalue weighted by Crippen LogP contribution is 2.24. The first-order valence-electron chi connectivity index (χ1n) is 9.59. The number of hydrogen-bond donors (Lipinski definition) is 1. The smallest absolute Gasteiger partial charge is 0.347 e. The molecule has 148 valence electrons. The van der Waals surface area contributed by atoms with Crippen LogP contribution in [0, 0.1) is 0 Å². The molecular formula is C20H25N5O3. The zero-order chi connectivity index (χ0) is 20.4. The number of aromatic nitrogens is 4. The molecule has 1 N–H and O–H groups in total. The summed E-state index contributed by atoms with van der Waals surface area (Å²) in [6.45, 7) is 10.0. The van der Waals surface area contributed by atoms with Crippen molar-refractivity contribution in [2.75, 3.05) is 18.0 Å². The number of aromatic amines is 1. The van der Waals surface area contributed by atoms with Gasteiger partial charge in [0.15, 0.2) is 5.65 Å². The summed E-state index contributed by atoms with van der Waals surface area (Å²) >= 11 is 0. The maximum atomic E-state index is 13.0. The van der Waals surface area contributed by atoms with Gasteiger partial charge >= 0.3 is 11.4 Å². The summed E-state index contributed by atoms with van der Waals surface area (Å²) in [6.07, 6.45) is 0. The van der Waals surface area contributed by atoms with Gasteiger partial charge in [-0.3, -0.25) is 13.9 Å². The lowest BCUT2D eigenvalue weighted by Crippen LogP contribution is -2.41. The molecular weight excluding hydrogens is 358 g/mol. The normalized spacial score (nSPS) is 11.1. The summed E-state index contributed by atoms with van der Waals surface area (Å²) in [5.41, 5.74) is 0.768. The topological polar surface area (TPSA) is 93.0 Å². The molecule has 3 rings (SSSR count). The zero-order valence-electron chi connectivity index (χ0n) is 16.7. The number of rotatable bonds is 6. The van der Waals surface area contributed by atoms with Crippen molar-refractivity contribution in [3.63, 3.8) is 0 Å². The van der Waals surface area contributed by atoms with Crippen molar-refractivity contribution in [1.82, 2.24) is 19.1 Å². The quantitative estimate of drug-likeness (QED) is 0.701. The molecule has 3 aromatic rings. The van der Waals surface area contributed by atoms with Gasteiger partial charge in [-0.25, -0.2) is 9.59 Å². The number of fused-ring (bicyclic) bond motifs is 1. The summed E-state index contributed by atoms with van der Waals surface area (Å²) in [6, 6.07) is 7.66. The lowest BCUT2D eigenvalue weighted by molar-refractivity contribution is 0.604. The van der Waals surface area contributed by atoms with Crippen molar-refractivity contribution in [3.8, 4) is 11.3 Å². The molecule has 0 aliphatic carbocycles. The van der Waals surface area contributed by atoms with Crippen molar-refractivity contribution in [2.45, 2.75) is 40.8 Å². The first kappa shape index (κ1) is 19.6. The molecule has 0 aliphatic heterocycles. The minimum atomic E-state index is -0.592. The molecule has 0 saturated carbocycles. The Morgan fingerprint density at radius 1 is 0.929 bits per heavy atom. The van der Waals surface area contributed by atoms with Crippen LogP contribution in [0.25, 0.3) is 22.3 Å². The van der Waals surface area contributed by atoms with Gasteiger partial charge in [0.1, 0.15) is 5.39 Å². The Bertz CT molecular complexity index is 1170. The van der Waals surface area contributed by atoms with Gasteiger partial charge in [-0.15, -0.1) is 0 Å². The molecule has 8 nitrogen and oxygen atoms in total. The fourth-order valence-corrected chi connectivity index (χ4v) is 3.53. The maximum absolute atomic E-state index is 13.0. The number of aryl methyl sites for hydroxylation is 1. The Labute approximate surface area is 162 Å². The van der Waals surface area contributed by atoms with Gasteiger partial charge in [0.05, 0.1) is 5.69 Å². The van der Waals surface area contributed by atoms with Crippen LogP contribution in [0.4, 0.5) is 5.69 Å². The van der Waals surface area contributed by atoms with E-state index in [2.05, 4.69) is 28.7 Å². The number of benzene rings is 1. The van der Waals surface area contributed by atoms with E-state index in [1.54, 1.807) is 13.8 Å². The standard InChI is InChI=1S/C20H25N5O3/c1-5-23(6-2)14-11-9-13(10-12-14)16-15-17(22-19(27)21-16)24(7-3)20(28)25(8-4)18(15)26/h9-12H,5-8H2,1-4H3,(H,21,22,27). The highest BCUT2D eigenvalue weighted by molar-refractivity contribution is 5.89. The van der Waals surface area contributed by atoms with Crippen molar-refractivity contribution in [3.05, 3.63) is 55.6 Å². The summed E-state index contributed by atoms with van der Waals surface area (Å²) in [5, 5.41) is 0.249. The molecule has 2 heterocycles. The second kappa shape index (κ2) is 7.84. The molecule has 1 aromatic carbocycles. The van der Waals surface area contributed by atoms with Crippen molar-refractivity contribution in [2.24, 2.45) is 0 Å². The van der Waals surface area contributed by atoms with Crippen molar-refractivity contribution < 1.29 is 0 Å². The molecule has 0 unspecified atom stereocenters. The fourth-order valence-electron chi connectivity index (χ4n) is 3.53. The number of anilines is 1. The van der Waals surface area contributed by atoms with E-state index in [1.165, 1.54) is 9.13 Å². The maximum Gasteiger partial charge on any atom is 0.347 e. The highest BCUT2D eigenvalue weighted by Gasteiger charge is 2.18. The van der Waals surface area contributed by atoms with Crippen LogP contribution < -0.4 is 21.8 Å². The van der Waals surface area contributed by atoms with E-state index in [0.29, 0.717) is 17.8 Å². The van der Waals surface area contributed by atoms with Crippen LogP contribution in [-0.2, 0) is 13.1 Å². The monoisotopic (exact) mass is 383 g/mol. The van der Waals surface area contributed by atoms with Gasteiger partial charge in [0, 0.05) is 31.9 Å². The third kappa shape index (κ3) is 3.15. The fraction of sp³-hybridized carbons (Fsp3) is 0.400. The average Bonchev–Trinajstić information content (AvgIpc) is 2.69. The van der Waals surface area contributed by atoms with Crippen LogP contribution in [0.15, 0.2) is 38.6 Å². The first-order chi connectivity index (χ1) is 13.5.